The maximum Gasteiger partial charge on any atom is 0.244 e. The summed E-state index contributed by atoms with van der Waals surface area (Å²) in [6.07, 6.45) is 8.87. The third kappa shape index (κ3) is 6.65. The fourth-order valence-electron chi connectivity index (χ4n) is 7.90. The van der Waals surface area contributed by atoms with Gasteiger partial charge in [-0.2, -0.15) is 0 Å². The summed E-state index contributed by atoms with van der Waals surface area (Å²) < 4.78 is 27.2. The number of benzene rings is 2. The number of carbonyl (C=O) groups is 2. The smallest absolute Gasteiger partial charge is 0.244 e. The second-order valence-corrected chi connectivity index (χ2v) is 15.8. The normalized spacial score (nSPS) is 25.3. The number of anilines is 1. The van der Waals surface area contributed by atoms with E-state index in [2.05, 4.69) is 17.4 Å². The molecule has 4 aliphatic carbocycles. The van der Waals surface area contributed by atoms with E-state index < -0.39 is 28.5 Å². The van der Waals surface area contributed by atoms with Crippen molar-refractivity contribution in [1.29, 1.82) is 0 Å². The lowest BCUT2D eigenvalue weighted by Gasteiger charge is -2.57. The van der Waals surface area contributed by atoms with Gasteiger partial charge >= 0.3 is 0 Å². The standard InChI is InChI=1S/C33H44ClN3O4S/c1-22(2)19-35-32(39)23(3)36(20-27-7-5-6-8-30(27)34)31(38)21-37(42(4,40)41)29-11-9-28(10-12-29)33-16-24-13-25(17-33)15-26(14-24)18-33/h5-12,22-26H,13-21H2,1-4H3,(H,35,39)/t23-,24?,25?,26?,33?/m1/s1. The van der Waals surface area contributed by atoms with Crippen molar-refractivity contribution in [3.8, 4) is 0 Å². The van der Waals surface area contributed by atoms with Crippen molar-refractivity contribution in [3.05, 3.63) is 64.7 Å². The van der Waals surface area contributed by atoms with Gasteiger partial charge in [-0.3, -0.25) is 13.9 Å². The molecule has 9 heteroatoms. The number of sulfonamides is 1. The van der Waals surface area contributed by atoms with Gasteiger partial charge in [-0.1, -0.05) is 55.8 Å². The summed E-state index contributed by atoms with van der Waals surface area (Å²) in [4.78, 5) is 28.3. The minimum absolute atomic E-state index is 0.0807. The van der Waals surface area contributed by atoms with Crippen molar-refractivity contribution in [2.75, 3.05) is 23.7 Å². The van der Waals surface area contributed by atoms with Crippen LogP contribution in [0.25, 0.3) is 0 Å². The summed E-state index contributed by atoms with van der Waals surface area (Å²) >= 11 is 6.42. The van der Waals surface area contributed by atoms with E-state index in [1.807, 2.05) is 32.0 Å². The molecule has 0 spiro atoms. The van der Waals surface area contributed by atoms with E-state index >= 15 is 0 Å². The molecular formula is C33H44ClN3O4S. The molecule has 0 heterocycles. The first-order valence-corrected chi connectivity index (χ1v) is 17.5. The van der Waals surface area contributed by atoms with Crippen LogP contribution in [-0.2, 0) is 31.6 Å². The van der Waals surface area contributed by atoms with E-state index in [1.54, 1.807) is 25.1 Å². The molecule has 0 saturated heterocycles. The van der Waals surface area contributed by atoms with Gasteiger partial charge in [0.05, 0.1) is 11.9 Å². The molecule has 0 unspecified atom stereocenters. The SMILES string of the molecule is CC(C)CNC(=O)[C@@H](C)N(Cc1ccccc1Cl)C(=O)CN(c1ccc(C23CC4CC(CC(C4)C2)C3)cc1)S(C)(=O)=O. The quantitative estimate of drug-likeness (QED) is 0.349. The first-order valence-electron chi connectivity index (χ1n) is 15.2. The van der Waals surface area contributed by atoms with Crippen LogP contribution in [0.2, 0.25) is 5.02 Å². The average molecular weight is 614 g/mol. The highest BCUT2D eigenvalue weighted by atomic mass is 35.5. The first-order chi connectivity index (χ1) is 19.8. The van der Waals surface area contributed by atoms with Gasteiger partial charge in [-0.25, -0.2) is 8.42 Å². The van der Waals surface area contributed by atoms with Gasteiger partial charge in [-0.15, -0.1) is 0 Å². The molecule has 4 bridgehead atoms. The molecule has 228 valence electrons. The number of hydrogen-bond acceptors (Lipinski definition) is 4. The van der Waals surface area contributed by atoms with Crippen LogP contribution in [-0.4, -0.2) is 50.5 Å². The Morgan fingerprint density at radius 2 is 1.52 bits per heavy atom. The Kier molecular flexibility index (Phi) is 8.96. The molecule has 4 saturated carbocycles. The van der Waals surface area contributed by atoms with Crippen molar-refractivity contribution < 1.29 is 18.0 Å². The van der Waals surface area contributed by atoms with Crippen LogP contribution in [0.4, 0.5) is 5.69 Å². The zero-order valence-electron chi connectivity index (χ0n) is 25.2. The van der Waals surface area contributed by atoms with Crippen LogP contribution in [0.15, 0.2) is 48.5 Å². The third-order valence-electron chi connectivity index (χ3n) is 9.64. The number of rotatable bonds is 11. The summed E-state index contributed by atoms with van der Waals surface area (Å²) in [6, 6.07) is 14.2. The van der Waals surface area contributed by atoms with E-state index in [1.165, 1.54) is 49.0 Å². The van der Waals surface area contributed by atoms with Crippen molar-refractivity contribution in [1.82, 2.24) is 10.2 Å². The molecule has 2 aromatic rings. The molecule has 1 N–H and O–H groups in total. The number of halogens is 1. The molecule has 42 heavy (non-hydrogen) atoms. The van der Waals surface area contributed by atoms with Crippen molar-refractivity contribution >= 4 is 39.1 Å². The number of hydrogen-bond donors (Lipinski definition) is 1. The Balaban J connectivity index is 1.38. The Morgan fingerprint density at radius 3 is 2.05 bits per heavy atom. The topological polar surface area (TPSA) is 86.8 Å². The van der Waals surface area contributed by atoms with E-state index in [0.717, 1.165) is 28.3 Å². The molecule has 6 rings (SSSR count). The van der Waals surface area contributed by atoms with E-state index in [9.17, 15) is 18.0 Å². The van der Waals surface area contributed by atoms with Gasteiger partial charge in [0.15, 0.2) is 0 Å². The summed E-state index contributed by atoms with van der Waals surface area (Å²) in [5, 5.41) is 3.37. The average Bonchev–Trinajstić information content (AvgIpc) is 2.92. The molecule has 2 amide bonds. The van der Waals surface area contributed by atoms with Crippen molar-refractivity contribution in [2.45, 2.75) is 77.3 Å². The zero-order chi connectivity index (χ0) is 30.2. The Morgan fingerprint density at radius 1 is 0.952 bits per heavy atom. The minimum Gasteiger partial charge on any atom is -0.354 e. The Hall–Kier alpha value is -2.58. The largest absolute Gasteiger partial charge is 0.354 e. The van der Waals surface area contributed by atoms with Crippen molar-refractivity contribution in [3.63, 3.8) is 0 Å². The number of nitrogens with one attached hydrogen (secondary N) is 1. The highest BCUT2D eigenvalue weighted by Gasteiger charge is 2.51. The zero-order valence-corrected chi connectivity index (χ0v) is 26.8. The van der Waals surface area contributed by atoms with Crippen LogP contribution >= 0.6 is 11.6 Å². The summed E-state index contributed by atoms with van der Waals surface area (Å²) in [5.41, 5.74) is 2.63. The molecular weight excluding hydrogens is 570 g/mol. The lowest BCUT2D eigenvalue weighted by Crippen LogP contribution is -2.51. The number of amides is 2. The number of carbonyl (C=O) groups excluding carboxylic acids is 2. The van der Waals surface area contributed by atoms with Gasteiger partial charge in [-0.05, 0) is 104 Å². The van der Waals surface area contributed by atoms with E-state index in [-0.39, 0.29) is 23.8 Å². The highest BCUT2D eigenvalue weighted by molar-refractivity contribution is 7.92. The van der Waals surface area contributed by atoms with Crippen LogP contribution < -0.4 is 9.62 Å². The summed E-state index contributed by atoms with van der Waals surface area (Å²) in [6.45, 7) is 5.80. The summed E-state index contributed by atoms with van der Waals surface area (Å²) in [5.74, 6) is 1.91. The van der Waals surface area contributed by atoms with Gasteiger partial charge in [0.1, 0.15) is 12.6 Å². The molecule has 0 radical (unpaired) electrons. The van der Waals surface area contributed by atoms with Crippen LogP contribution in [0.3, 0.4) is 0 Å². The van der Waals surface area contributed by atoms with E-state index in [0.29, 0.717) is 22.8 Å². The molecule has 2 aromatic carbocycles. The number of nitrogens with zero attached hydrogens (tertiary/aromatic N) is 2. The molecule has 0 aromatic heterocycles. The lowest BCUT2D eigenvalue weighted by molar-refractivity contribution is -0.139. The molecule has 4 fully saturated rings. The maximum atomic E-state index is 13.9. The van der Waals surface area contributed by atoms with Gasteiger partial charge in [0.25, 0.3) is 0 Å². The van der Waals surface area contributed by atoms with Gasteiger partial charge in [0.2, 0.25) is 21.8 Å². The maximum absolute atomic E-state index is 13.9. The second kappa shape index (κ2) is 12.2. The monoisotopic (exact) mass is 613 g/mol. The van der Waals surface area contributed by atoms with E-state index in [4.69, 9.17) is 11.6 Å². The predicted molar refractivity (Wildman–Crippen MR) is 168 cm³/mol. The van der Waals surface area contributed by atoms with Gasteiger partial charge < -0.3 is 10.2 Å². The van der Waals surface area contributed by atoms with Crippen LogP contribution in [0, 0.1) is 23.7 Å². The fraction of sp³-hybridized carbons (Fsp3) is 0.576. The Labute approximate surface area is 256 Å². The molecule has 1 atom stereocenters. The van der Waals surface area contributed by atoms with Crippen LogP contribution in [0.5, 0.6) is 0 Å². The molecule has 7 nitrogen and oxygen atoms in total. The molecule has 4 aliphatic rings. The van der Waals surface area contributed by atoms with Crippen molar-refractivity contribution in [2.24, 2.45) is 23.7 Å². The summed E-state index contributed by atoms with van der Waals surface area (Å²) in [7, 11) is -3.79. The van der Waals surface area contributed by atoms with Gasteiger partial charge in [0, 0.05) is 18.1 Å². The minimum atomic E-state index is -3.79. The third-order valence-corrected chi connectivity index (χ3v) is 11.1. The van der Waals surface area contributed by atoms with Crippen LogP contribution in [0.1, 0.15) is 70.4 Å². The Bertz CT molecular complexity index is 1370. The lowest BCUT2D eigenvalue weighted by atomic mass is 9.48. The highest BCUT2D eigenvalue weighted by Crippen LogP contribution is 2.60. The first kappa shape index (κ1) is 30.9. The fourth-order valence-corrected chi connectivity index (χ4v) is 8.95. The predicted octanol–water partition coefficient (Wildman–Crippen LogP) is 5.76. The second-order valence-electron chi connectivity index (χ2n) is 13.4. The molecule has 0 aliphatic heterocycles.